The van der Waals surface area contributed by atoms with Crippen LogP contribution in [0.2, 0.25) is 0 Å². The predicted octanol–water partition coefficient (Wildman–Crippen LogP) is 4.65. The number of hydrogen-bond acceptors (Lipinski definition) is 2. The summed E-state index contributed by atoms with van der Waals surface area (Å²) in [5, 5.41) is 6.86. The molecule has 168 valence electrons. The van der Waals surface area contributed by atoms with Crippen LogP contribution < -0.4 is 10.6 Å². The van der Waals surface area contributed by atoms with Gasteiger partial charge < -0.3 is 15.5 Å². The van der Waals surface area contributed by atoms with Gasteiger partial charge >= 0.3 is 0 Å². The summed E-state index contributed by atoms with van der Waals surface area (Å²) in [6.07, 6.45) is 5.04. The first-order chi connectivity index (χ1) is 14.6. The number of nitrogens with one attached hydrogen (secondary N) is 2. The highest BCUT2D eigenvalue weighted by atomic mass is 127. The van der Waals surface area contributed by atoms with Crippen molar-refractivity contribution in [2.45, 2.75) is 38.1 Å². The van der Waals surface area contributed by atoms with Crippen molar-refractivity contribution in [3.05, 3.63) is 71.3 Å². The van der Waals surface area contributed by atoms with E-state index in [0.717, 1.165) is 18.1 Å². The van der Waals surface area contributed by atoms with Gasteiger partial charge in [0.15, 0.2) is 5.96 Å². The van der Waals surface area contributed by atoms with E-state index in [-0.39, 0.29) is 29.9 Å². The Balaban J connectivity index is 0.00000341. The number of nitrogens with zero attached hydrogens (tertiary/aromatic N) is 2. The number of guanidine groups is 1. The monoisotopic (exact) mass is 534 g/mol. The van der Waals surface area contributed by atoms with Crippen molar-refractivity contribution in [3.63, 3.8) is 0 Å². The van der Waals surface area contributed by atoms with Gasteiger partial charge in [0.1, 0.15) is 0 Å². The summed E-state index contributed by atoms with van der Waals surface area (Å²) in [4.78, 5) is 17.9. The van der Waals surface area contributed by atoms with Crippen LogP contribution >= 0.6 is 24.0 Å². The summed E-state index contributed by atoms with van der Waals surface area (Å²) < 4.78 is 0. The van der Waals surface area contributed by atoms with Crippen LogP contribution in [0.4, 0.5) is 0 Å². The molecule has 5 nitrogen and oxygen atoms in total. The number of halogens is 1. The highest BCUT2D eigenvalue weighted by Crippen LogP contribution is 2.35. The van der Waals surface area contributed by atoms with Crippen LogP contribution in [-0.2, 0) is 6.54 Å². The maximum atomic E-state index is 12.0. The van der Waals surface area contributed by atoms with E-state index in [2.05, 4.69) is 46.0 Å². The van der Waals surface area contributed by atoms with E-state index in [1.165, 1.54) is 31.2 Å². The minimum atomic E-state index is 0. The van der Waals surface area contributed by atoms with E-state index >= 15 is 0 Å². The summed E-state index contributed by atoms with van der Waals surface area (Å²) >= 11 is 0. The molecule has 0 aliphatic heterocycles. The van der Waals surface area contributed by atoms with Gasteiger partial charge in [0.25, 0.3) is 5.91 Å². The standard InChI is InChI=1S/C25H34N4O.HI/c1-26-25(28-18-20-11-15-23(16-12-20)24(30)29(2)3)27-17-19-9-13-22(14-10-19)21-7-5-4-6-8-21;/h4-8,11-12,15-16,19,22H,9-10,13-14,17-18H2,1-3H3,(H2,26,27,28);1H. The van der Waals surface area contributed by atoms with Crippen LogP contribution in [0.1, 0.15) is 53.1 Å². The molecule has 31 heavy (non-hydrogen) atoms. The van der Waals surface area contributed by atoms with Gasteiger partial charge in [0.05, 0.1) is 0 Å². The van der Waals surface area contributed by atoms with Gasteiger partial charge in [0, 0.05) is 39.8 Å². The Bertz CT molecular complexity index is 828. The minimum absolute atomic E-state index is 0. The molecule has 0 aromatic heterocycles. The lowest BCUT2D eigenvalue weighted by Crippen LogP contribution is -2.40. The second kappa shape index (κ2) is 12.7. The molecule has 0 spiro atoms. The molecule has 1 saturated carbocycles. The summed E-state index contributed by atoms with van der Waals surface area (Å²) in [6, 6.07) is 18.6. The molecule has 2 aromatic carbocycles. The Morgan fingerprint density at radius 2 is 1.61 bits per heavy atom. The fraction of sp³-hybridized carbons (Fsp3) is 0.440. The number of amides is 1. The lowest BCUT2D eigenvalue weighted by molar-refractivity contribution is 0.0827. The van der Waals surface area contributed by atoms with Crippen molar-refractivity contribution >= 4 is 35.8 Å². The molecule has 2 aromatic rings. The number of aliphatic imine (C=N–C) groups is 1. The van der Waals surface area contributed by atoms with Crippen LogP contribution in [-0.4, -0.2) is 44.5 Å². The average Bonchev–Trinajstić information content (AvgIpc) is 2.80. The molecular formula is C25H35IN4O. The van der Waals surface area contributed by atoms with Crippen molar-refractivity contribution in [1.29, 1.82) is 0 Å². The zero-order valence-corrected chi connectivity index (χ0v) is 21.1. The van der Waals surface area contributed by atoms with Crippen LogP contribution in [0.25, 0.3) is 0 Å². The van der Waals surface area contributed by atoms with Gasteiger partial charge in [-0.05, 0) is 60.8 Å². The SMILES string of the molecule is CN=C(NCc1ccc(C(=O)N(C)C)cc1)NCC1CCC(c2ccccc2)CC1.I. The van der Waals surface area contributed by atoms with E-state index in [0.29, 0.717) is 23.9 Å². The third-order valence-electron chi connectivity index (χ3n) is 5.97. The van der Waals surface area contributed by atoms with Crippen molar-refractivity contribution in [2.75, 3.05) is 27.7 Å². The highest BCUT2D eigenvalue weighted by molar-refractivity contribution is 14.0. The molecule has 0 bridgehead atoms. The molecule has 2 N–H and O–H groups in total. The Kier molecular flexibility index (Phi) is 10.3. The van der Waals surface area contributed by atoms with Gasteiger partial charge in [-0.25, -0.2) is 0 Å². The summed E-state index contributed by atoms with van der Waals surface area (Å²) in [5.41, 5.74) is 3.31. The first kappa shape index (κ1) is 25.2. The Morgan fingerprint density at radius 3 is 2.19 bits per heavy atom. The van der Waals surface area contributed by atoms with E-state index in [9.17, 15) is 4.79 Å². The van der Waals surface area contributed by atoms with Crippen LogP contribution in [0, 0.1) is 5.92 Å². The smallest absolute Gasteiger partial charge is 0.253 e. The first-order valence-corrected chi connectivity index (χ1v) is 10.9. The quantitative estimate of drug-likeness (QED) is 0.323. The number of carbonyl (C=O) groups excluding carboxylic acids is 1. The first-order valence-electron chi connectivity index (χ1n) is 10.9. The molecule has 1 aliphatic rings. The average molecular weight is 534 g/mol. The van der Waals surface area contributed by atoms with Gasteiger partial charge in [-0.2, -0.15) is 0 Å². The fourth-order valence-corrected chi connectivity index (χ4v) is 4.10. The van der Waals surface area contributed by atoms with E-state index in [4.69, 9.17) is 0 Å². The number of benzene rings is 2. The molecule has 0 saturated heterocycles. The lowest BCUT2D eigenvalue weighted by Gasteiger charge is -2.29. The van der Waals surface area contributed by atoms with E-state index in [1.54, 1.807) is 26.0 Å². The number of hydrogen-bond donors (Lipinski definition) is 2. The topological polar surface area (TPSA) is 56.7 Å². The molecule has 0 heterocycles. The Morgan fingerprint density at radius 1 is 0.968 bits per heavy atom. The van der Waals surface area contributed by atoms with Gasteiger partial charge in [-0.1, -0.05) is 42.5 Å². The van der Waals surface area contributed by atoms with Crippen molar-refractivity contribution in [2.24, 2.45) is 10.9 Å². The van der Waals surface area contributed by atoms with Crippen LogP contribution in [0.3, 0.4) is 0 Å². The molecule has 0 atom stereocenters. The fourth-order valence-electron chi connectivity index (χ4n) is 4.10. The molecule has 1 fully saturated rings. The molecular weight excluding hydrogens is 499 g/mol. The maximum Gasteiger partial charge on any atom is 0.253 e. The van der Waals surface area contributed by atoms with Crippen molar-refractivity contribution in [3.8, 4) is 0 Å². The van der Waals surface area contributed by atoms with Crippen LogP contribution in [0.5, 0.6) is 0 Å². The largest absolute Gasteiger partial charge is 0.356 e. The Hall–Kier alpha value is -2.09. The molecule has 0 radical (unpaired) electrons. The van der Waals surface area contributed by atoms with Crippen molar-refractivity contribution < 1.29 is 4.79 Å². The Labute approximate surface area is 203 Å². The second-order valence-electron chi connectivity index (χ2n) is 8.33. The summed E-state index contributed by atoms with van der Waals surface area (Å²) in [6.45, 7) is 1.63. The maximum absolute atomic E-state index is 12.0. The lowest BCUT2D eigenvalue weighted by atomic mass is 9.79. The summed E-state index contributed by atoms with van der Waals surface area (Å²) in [5.74, 6) is 2.25. The zero-order chi connectivity index (χ0) is 21.3. The normalized spacial score (nSPS) is 18.6. The molecule has 1 amide bonds. The van der Waals surface area contributed by atoms with Crippen LogP contribution in [0.15, 0.2) is 59.6 Å². The van der Waals surface area contributed by atoms with E-state index in [1.807, 2.05) is 24.3 Å². The molecule has 1 aliphatic carbocycles. The third-order valence-corrected chi connectivity index (χ3v) is 5.97. The van der Waals surface area contributed by atoms with Gasteiger partial charge in [-0.15, -0.1) is 24.0 Å². The number of rotatable bonds is 6. The number of carbonyl (C=O) groups is 1. The van der Waals surface area contributed by atoms with Gasteiger partial charge in [-0.3, -0.25) is 9.79 Å². The highest BCUT2D eigenvalue weighted by Gasteiger charge is 2.22. The molecule has 0 unspecified atom stereocenters. The summed E-state index contributed by atoms with van der Waals surface area (Å²) in [7, 11) is 5.34. The second-order valence-corrected chi connectivity index (χ2v) is 8.33. The molecule has 6 heteroatoms. The predicted molar refractivity (Wildman–Crippen MR) is 139 cm³/mol. The zero-order valence-electron chi connectivity index (χ0n) is 18.8. The third kappa shape index (κ3) is 7.52. The van der Waals surface area contributed by atoms with Gasteiger partial charge in [0.2, 0.25) is 0 Å². The van der Waals surface area contributed by atoms with E-state index < -0.39 is 0 Å². The minimum Gasteiger partial charge on any atom is -0.356 e. The van der Waals surface area contributed by atoms with Crippen molar-refractivity contribution in [1.82, 2.24) is 15.5 Å². The molecule has 3 rings (SSSR count).